The molecule has 0 unspecified atom stereocenters. The molecule has 1 fully saturated rings. The van der Waals surface area contributed by atoms with Crippen LogP contribution in [0.5, 0.6) is 0 Å². The molecule has 1 aromatic rings. The predicted octanol–water partition coefficient (Wildman–Crippen LogP) is 2.35. The van der Waals surface area contributed by atoms with Crippen LogP contribution >= 0.6 is 0 Å². The average molecular weight is 247 g/mol. The van der Waals surface area contributed by atoms with Gasteiger partial charge in [-0.1, -0.05) is 12.1 Å². The molecule has 0 aliphatic heterocycles. The molecule has 0 radical (unpaired) electrons. The zero-order valence-electron chi connectivity index (χ0n) is 11.0. The number of nitrogens with zero attached hydrogens (tertiary/aromatic N) is 1. The fraction of sp³-hybridized carbons (Fsp3) is 0.500. The lowest BCUT2D eigenvalue weighted by atomic mass is 10.2. The topological polar surface area (TPSA) is 58.4 Å². The summed E-state index contributed by atoms with van der Waals surface area (Å²) < 4.78 is 0. The summed E-state index contributed by atoms with van der Waals surface area (Å²) in [7, 11) is 0. The Kier molecular flexibility index (Phi) is 3.75. The SMILES string of the molecule is CC(C)NC(=O)N(Cc1cccc(N)c1)C1CC1. The Morgan fingerprint density at radius 3 is 2.78 bits per heavy atom. The Labute approximate surface area is 108 Å². The van der Waals surface area contributed by atoms with Crippen LogP contribution in [0, 0.1) is 0 Å². The van der Waals surface area contributed by atoms with E-state index in [1.807, 2.05) is 43.0 Å². The molecule has 18 heavy (non-hydrogen) atoms. The minimum absolute atomic E-state index is 0.0231. The monoisotopic (exact) mass is 247 g/mol. The Hall–Kier alpha value is -1.71. The van der Waals surface area contributed by atoms with Crippen molar-refractivity contribution >= 4 is 11.7 Å². The number of anilines is 1. The van der Waals surface area contributed by atoms with Crippen LogP contribution in [0.1, 0.15) is 32.3 Å². The van der Waals surface area contributed by atoms with Gasteiger partial charge in [0.2, 0.25) is 0 Å². The van der Waals surface area contributed by atoms with E-state index in [2.05, 4.69) is 5.32 Å². The fourth-order valence-corrected chi connectivity index (χ4v) is 1.97. The third-order valence-corrected chi connectivity index (χ3v) is 2.96. The van der Waals surface area contributed by atoms with Crippen LogP contribution in [0.25, 0.3) is 0 Å². The second-order valence-corrected chi connectivity index (χ2v) is 5.21. The number of nitrogens with one attached hydrogen (secondary N) is 1. The largest absolute Gasteiger partial charge is 0.399 e. The molecular weight excluding hydrogens is 226 g/mol. The minimum atomic E-state index is 0.0231. The molecule has 0 spiro atoms. The molecule has 0 saturated heterocycles. The summed E-state index contributed by atoms with van der Waals surface area (Å²) in [5.41, 5.74) is 7.59. The summed E-state index contributed by atoms with van der Waals surface area (Å²) >= 11 is 0. The molecular formula is C14H21N3O. The maximum atomic E-state index is 12.1. The maximum absolute atomic E-state index is 12.1. The summed E-state index contributed by atoms with van der Waals surface area (Å²) in [6.45, 7) is 4.58. The highest BCUT2D eigenvalue weighted by atomic mass is 16.2. The van der Waals surface area contributed by atoms with Crippen LogP contribution in [-0.4, -0.2) is 23.0 Å². The van der Waals surface area contributed by atoms with Crippen molar-refractivity contribution in [3.63, 3.8) is 0 Å². The quantitative estimate of drug-likeness (QED) is 0.802. The second kappa shape index (κ2) is 5.29. The van der Waals surface area contributed by atoms with Crippen molar-refractivity contribution in [3.8, 4) is 0 Å². The van der Waals surface area contributed by atoms with E-state index in [-0.39, 0.29) is 12.1 Å². The fourth-order valence-electron chi connectivity index (χ4n) is 1.97. The van der Waals surface area contributed by atoms with Gasteiger partial charge in [-0.25, -0.2) is 4.79 Å². The zero-order valence-corrected chi connectivity index (χ0v) is 11.0. The van der Waals surface area contributed by atoms with Crippen molar-refractivity contribution in [3.05, 3.63) is 29.8 Å². The van der Waals surface area contributed by atoms with Crippen molar-refractivity contribution in [2.75, 3.05) is 5.73 Å². The predicted molar refractivity (Wildman–Crippen MR) is 73.1 cm³/mol. The molecule has 1 aromatic carbocycles. The van der Waals surface area contributed by atoms with E-state index in [0.29, 0.717) is 12.6 Å². The first-order valence-corrected chi connectivity index (χ1v) is 6.48. The third-order valence-electron chi connectivity index (χ3n) is 2.96. The molecule has 0 heterocycles. The van der Waals surface area contributed by atoms with E-state index in [1.165, 1.54) is 0 Å². The van der Waals surface area contributed by atoms with Gasteiger partial charge in [0.25, 0.3) is 0 Å². The van der Waals surface area contributed by atoms with E-state index in [9.17, 15) is 4.79 Å². The molecule has 0 atom stereocenters. The first-order chi connectivity index (χ1) is 8.56. The van der Waals surface area contributed by atoms with Gasteiger partial charge >= 0.3 is 6.03 Å². The van der Waals surface area contributed by atoms with Crippen LogP contribution in [0.3, 0.4) is 0 Å². The minimum Gasteiger partial charge on any atom is -0.399 e. The summed E-state index contributed by atoms with van der Waals surface area (Å²) in [6, 6.07) is 8.31. The first kappa shape index (κ1) is 12.7. The van der Waals surface area contributed by atoms with Crippen molar-refractivity contribution in [1.29, 1.82) is 0 Å². The Balaban J connectivity index is 2.04. The van der Waals surface area contributed by atoms with Gasteiger partial charge in [-0.15, -0.1) is 0 Å². The number of urea groups is 1. The standard InChI is InChI=1S/C14H21N3O/c1-10(2)16-14(18)17(13-6-7-13)9-11-4-3-5-12(15)8-11/h3-5,8,10,13H,6-7,9,15H2,1-2H3,(H,16,18). The van der Waals surface area contributed by atoms with Gasteiger partial charge in [-0.3, -0.25) is 0 Å². The normalized spacial score (nSPS) is 14.6. The lowest BCUT2D eigenvalue weighted by Crippen LogP contribution is -2.43. The highest BCUT2D eigenvalue weighted by molar-refractivity contribution is 5.75. The average Bonchev–Trinajstić information content (AvgIpc) is 3.08. The summed E-state index contributed by atoms with van der Waals surface area (Å²) in [5.74, 6) is 0. The molecule has 4 nitrogen and oxygen atoms in total. The van der Waals surface area contributed by atoms with Crippen molar-refractivity contribution in [2.24, 2.45) is 0 Å². The van der Waals surface area contributed by atoms with E-state index < -0.39 is 0 Å². The van der Waals surface area contributed by atoms with E-state index >= 15 is 0 Å². The molecule has 98 valence electrons. The number of rotatable bonds is 4. The van der Waals surface area contributed by atoms with Crippen LogP contribution in [0.15, 0.2) is 24.3 Å². The summed E-state index contributed by atoms with van der Waals surface area (Å²) in [4.78, 5) is 14.0. The molecule has 4 heteroatoms. The van der Waals surface area contributed by atoms with Gasteiger partial charge in [0.1, 0.15) is 0 Å². The molecule has 2 amide bonds. The molecule has 3 N–H and O–H groups in total. The number of amides is 2. The first-order valence-electron chi connectivity index (χ1n) is 6.48. The van der Waals surface area contributed by atoms with Gasteiger partial charge in [-0.2, -0.15) is 0 Å². The van der Waals surface area contributed by atoms with E-state index in [0.717, 1.165) is 24.1 Å². The Morgan fingerprint density at radius 2 is 2.22 bits per heavy atom. The van der Waals surface area contributed by atoms with Gasteiger partial charge in [0.15, 0.2) is 0 Å². The van der Waals surface area contributed by atoms with Gasteiger partial charge in [-0.05, 0) is 44.4 Å². The van der Waals surface area contributed by atoms with Crippen molar-refractivity contribution < 1.29 is 4.79 Å². The van der Waals surface area contributed by atoms with Crippen LogP contribution in [0.4, 0.5) is 10.5 Å². The number of carbonyl (C=O) groups excluding carboxylic acids is 1. The van der Waals surface area contributed by atoms with E-state index in [4.69, 9.17) is 5.73 Å². The van der Waals surface area contributed by atoms with Gasteiger partial charge in [0, 0.05) is 24.3 Å². The summed E-state index contributed by atoms with van der Waals surface area (Å²) in [6.07, 6.45) is 2.21. The molecule has 0 bridgehead atoms. The smallest absolute Gasteiger partial charge is 0.318 e. The van der Waals surface area contributed by atoms with Crippen molar-refractivity contribution in [2.45, 2.75) is 45.3 Å². The molecule has 1 aliphatic carbocycles. The lowest BCUT2D eigenvalue weighted by Gasteiger charge is -2.24. The molecule has 0 aromatic heterocycles. The molecule has 1 aliphatic rings. The van der Waals surface area contributed by atoms with Crippen LogP contribution in [0.2, 0.25) is 0 Å². The number of nitrogens with two attached hydrogens (primary N) is 1. The molecule has 1 saturated carbocycles. The number of hydrogen-bond acceptors (Lipinski definition) is 2. The van der Waals surface area contributed by atoms with Crippen LogP contribution in [-0.2, 0) is 6.54 Å². The second-order valence-electron chi connectivity index (χ2n) is 5.21. The van der Waals surface area contributed by atoms with Gasteiger partial charge in [0.05, 0.1) is 0 Å². The third kappa shape index (κ3) is 3.39. The molecule has 2 rings (SSSR count). The lowest BCUT2D eigenvalue weighted by molar-refractivity contribution is 0.189. The number of nitrogen functional groups attached to an aromatic ring is 1. The highest BCUT2D eigenvalue weighted by Gasteiger charge is 2.32. The van der Waals surface area contributed by atoms with Gasteiger partial charge < -0.3 is 16.0 Å². The van der Waals surface area contributed by atoms with Crippen LogP contribution < -0.4 is 11.1 Å². The zero-order chi connectivity index (χ0) is 13.1. The Morgan fingerprint density at radius 1 is 1.50 bits per heavy atom. The van der Waals surface area contributed by atoms with E-state index in [1.54, 1.807) is 0 Å². The number of benzene rings is 1. The summed E-state index contributed by atoms with van der Waals surface area (Å²) in [5, 5.41) is 2.95. The number of hydrogen-bond donors (Lipinski definition) is 2. The van der Waals surface area contributed by atoms with Crippen molar-refractivity contribution in [1.82, 2.24) is 10.2 Å². The highest BCUT2D eigenvalue weighted by Crippen LogP contribution is 2.28. The Bertz CT molecular complexity index is 427. The maximum Gasteiger partial charge on any atom is 0.318 e. The number of carbonyl (C=O) groups is 1.